The van der Waals surface area contributed by atoms with Gasteiger partial charge in [-0.3, -0.25) is 4.90 Å². The number of nitrogens with zero attached hydrogens (tertiary/aromatic N) is 6. The van der Waals surface area contributed by atoms with Gasteiger partial charge in [0.1, 0.15) is 0 Å². The van der Waals surface area contributed by atoms with Crippen molar-refractivity contribution in [3.05, 3.63) is 76.9 Å². The second-order valence-corrected chi connectivity index (χ2v) is 8.99. The standard InChI is InChI=1S/C23H25ClN6OS/c1-4-19(29(2)3)22-26-27-23(30(22)14-16-9-6-5-7-10-16)32-15-20-25-21(28-31-20)17-11-8-12-18(24)13-17/h5-13,19H,4,14-15H2,1-3H3/t19-/m0/s1. The molecule has 0 aliphatic rings. The van der Waals surface area contributed by atoms with Crippen LogP contribution in [0.25, 0.3) is 11.4 Å². The molecule has 0 N–H and O–H groups in total. The maximum atomic E-state index is 6.08. The Morgan fingerprint density at radius 1 is 1.09 bits per heavy atom. The lowest BCUT2D eigenvalue weighted by Gasteiger charge is -2.23. The Kier molecular flexibility index (Phi) is 7.24. The molecule has 7 nitrogen and oxygen atoms in total. The minimum atomic E-state index is 0.179. The van der Waals surface area contributed by atoms with Gasteiger partial charge in [-0.15, -0.1) is 10.2 Å². The van der Waals surface area contributed by atoms with E-state index in [2.05, 4.69) is 63.0 Å². The number of benzene rings is 2. The normalized spacial score (nSPS) is 12.4. The fraction of sp³-hybridized carbons (Fsp3) is 0.304. The summed E-state index contributed by atoms with van der Waals surface area (Å²) in [5, 5.41) is 14.6. The summed E-state index contributed by atoms with van der Waals surface area (Å²) < 4.78 is 7.64. The van der Waals surface area contributed by atoms with Crippen LogP contribution in [0.15, 0.2) is 64.3 Å². The lowest BCUT2D eigenvalue weighted by atomic mass is 10.2. The third-order valence-electron chi connectivity index (χ3n) is 5.11. The highest BCUT2D eigenvalue weighted by Crippen LogP contribution is 2.28. The monoisotopic (exact) mass is 468 g/mol. The molecule has 2 aromatic heterocycles. The Morgan fingerprint density at radius 2 is 1.91 bits per heavy atom. The number of halogens is 1. The highest BCUT2D eigenvalue weighted by molar-refractivity contribution is 7.98. The van der Waals surface area contributed by atoms with Crippen molar-refractivity contribution in [3.63, 3.8) is 0 Å². The molecule has 0 amide bonds. The van der Waals surface area contributed by atoms with Crippen molar-refractivity contribution in [2.24, 2.45) is 0 Å². The fourth-order valence-corrected chi connectivity index (χ4v) is 4.50. The van der Waals surface area contributed by atoms with Gasteiger partial charge in [-0.05, 0) is 38.2 Å². The van der Waals surface area contributed by atoms with Crippen molar-refractivity contribution < 1.29 is 4.52 Å². The second-order valence-electron chi connectivity index (χ2n) is 7.61. The Morgan fingerprint density at radius 3 is 2.62 bits per heavy atom. The van der Waals surface area contributed by atoms with E-state index in [0.29, 0.717) is 29.0 Å². The molecule has 9 heteroatoms. The molecule has 0 spiro atoms. The van der Waals surface area contributed by atoms with Gasteiger partial charge in [-0.1, -0.05) is 77.9 Å². The molecule has 2 aromatic carbocycles. The largest absolute Gasteiger partial charge is 0.338 e. The third kappa shape index (κ3) is 5.20. The van der Waals surface area contributed by atoms with Crippen LogP contribution in [0, 0.1) is 0 Å². The minimum Gasteiger partial charge on any atom is -0.338 e. The van der Waals surface area contributed by atoms with Crippen LogP contribution in [0.1, 0.15) is 36.7 Å². The van der Waals surface area contributed by atoms with Crippen molar-refractivity contribution in [2.75, 3.05) is 14.1 Å². The van der Waals surface area contributed by atoms with Crippen molar-refractivity contribution >= 4 is 23.4 Å². The summed E-state index contributed by atoms with van der Waals surface area (Å²) in [6, 6.07) is 17.9. The molecule has 0 unspecified atom stereocenters. The molecule has 4 rings (SSSR count). The number of rotatable bonds is 9. The fourth-order valence-electron chi connectivity index (χ4n) is 3.53. The van der Waals surface area contributed by atoms with E-state index in [0.717, 1.165) is 23.0 Å². The number of hydrogen-bond donors (Lipinski definition) is 0. The van der Waals surface area contributed by atoms with Gasteiger partial charge in [0.2, 0.25) is 11.7 Å². The molecule has 1 atom stereocenters. The predicted octanol–water partition coefficient (Wildman–Crippen LogP) is 5.33. The molecule has 0 saturated carbocycles. The van der Waals surface area contributed by atoms with Gasteiger partial charge in [0.05, 0.1) is 18.3 Å². The van der Waals surface area contributed by atoms with Crippen LogP contribution in [-0.4, -0.2) is 43.9 Å². The van der Waals surface area contributed by atoms with Crippen LogP contribution in [-0.2, 0) is 12.3 Å². The Bertz CT molecular complexity index is 1160. The van der Waals surface area contributed by atoms with E-state index in [1.165, 1.54) is 5.56 Å². The average Bonchev–Trinajstić information content (AvgIpc) is 3.41. The number of thioether (sulfide) groups is 1. The molecule has 0 fully saturated rings. The SMILES string of the molecule is CC[C@@H](c1nnc(SCc2nc(-c3cccc(Cl)c3)no2)n1Cc1ccccc1)N(C)C. The van der Waals surface area contributed by atoms with Crippen LogP contribution < -0.4 is 0 Å². The number of aromatic nitrogens is 5. The van der Waals surface area contributed by atoms with Gasteiger partial charge in [-0.25, -0.2) is 0 Å². The molecule has 32 heavy (non-hydrogen) atoms. The Labute approximate surface area is 196 Å². The number of hydrogen-bond acceptors (Lipinski definition) is 7. The van der Waals surface area contributed by atoms with Crippen LogP contribution in [0.4, 0.5) is 0 Å². The molecule has 4 aromatic rings. The zero-order valence-electron chi connectivity index (χ0n) is 18.3. The van der Waals surface area contributed by atoms with Gasteiger partial charge in [0, 0.05) is 10.6 Å². The van der Waals surface area contributed by atoms with Crippen LogP contribution >= 0.6 is 23.4 Å². The van der Waals surface area contributed by atoms with E-state index in [4.69, 9.17) is 16.1 Å². The molecule has 0 aliphatic heterocycles. The summed E-state index contributed by atoms with van der Waals surface area (Å²) in [6.07, 6.45) is 0.942. The van der Waals surface area contributed by atoms with Crippen LogP contribution in [0.5, 0.6) is 0 Å². The van der Waals surface area contributed by atoms with E-state index >= 15 is 0 Å². The summed E-state index contributed by atoms with van der Waals surface area (Å²) >= 11 is 7.62. The first-order valence-corrected chi connectivity index (χ1v) is 11.8. The lowest BCUT2D eigenvalue weighted by molar-refractivity contribution is 0.272. The van der Waals surface area contributed by atoms with E-state index in [1.807, 2.05) is 42.5 Å². The van der Waals surface area contributed by atoms with Crippen LogP contribution in [0.3, 0.4) is 0 Å². The third-order valence-corrected chi connectivity index (χ3v) is 6.30. The van der Waals surface area contributed by atoms with Crippen LogP contribution in [0.2, 0.25) is 5.02 Å². The van der Waals surface area contributed by atoms with E-state index < -0.39 is 0 Å². The Balaban J connectivity index is 1.56. The van der Waals surface area contributed by atoms with E-state index in [9.17, 15) is 0 Å². The van der Waals surface area contributed by atoms with E-state index in [-0.39, 0.29) is 6.04 Å². The van der Waals surface area contributed by atoms with E-state index in [1.54, 1.807) is 11.8 Å². The smallest absolute Gasteiger partial charge is 0.237 e. The maximum Gasteiger partial charge on any atom is 0.237 e. The molecule has 2 heterocycles. The van der Waals surface area contributed by atoms with Crippen molar-refractivity contribution in [1.82, 2.24) is 29.8 Å². The highest BCUT2D eigenvalue weighted by atomic mass is 35.5. The van der Waals surface area contributed by atoms with Gasteiger partial charge in [0.25, 0.3) is 0 Å². The molecule has 166 valence electrons. The van der Waals surface area contributed by atoms with Crippen molar-refractivity contribution in [3.8, 4) is 11.4 Å². The molecule has 0 bridgehead atoms. The van der Waals surface area contributed by atoms with Crippen molar-refractivity contribution in [1.29, 1.82) is 0 Å². The minimum absolute atomic E-state index is 0.179. The average molecular weight is 469 g/mol. The van der Waals surface area contributed by atoms with Gasteiger partial charge in [-0.2, -0.15) is 4.98 Å². The first kappa shape index (κ1) is 22.5. The topological polar surface area (TPSA) is 72.9 Å². The zero-order chi connectivity index (χ0) is 22.5. The first-order valence-electron chi connectivity index (χ1n) is 10.4. The predicted molar refractivity (Wildman–Crippen MR) is 127 cm³/mol. The summed E-state index contributed by atoms with van der Waals surface area (Å²) in [4.78, 5) is 6.69. The maximum absolute atomic E-state index is 6.08. The van der Waals surface area contributed by atoms with Gasteiger partial charge >= 0.3 is 0 Å². The Hall–Kier alpha value is -2.68. The second kappa shape index (κ2) is 10.3. The molecular formula is C23H25ClN6OS. The summed E-state index contributed by atoms with van der Waals surface area (Å²) in [6.45, 7) is 2.86. The van der Waals surface area contributed by atoms with Gasteiger partial charge < -0.3 is 9.09 Å². The van der Waals surface area contributed by atoms with Crippen molar-refractivity contribution in [2.45, 2.75) is 36.8 Å². The zero-order valence-corrected chi connectivity index (χ0v) is 19.8. The first-order chi connectivity index (χ1) is 15.5. The molecular weight excluding hydrogens is 444 g/mol. The lowest BCUT2D eigenvalue weighted by Crippen LogP contribution is -2.23. The highest BCUT2D eigenvalue weighted by Gasteiger charge is 2.22. The molecule has 0 radical (unpaired) electrons. The summed E-state index contributed by atoms with van der Waals surface area (Å²) in [7, 11) is 4.14. The quantitative estimate of drug-likeness (QED) is 0.307. The summed E-state index contributed by atoms with van der Waals surface area (Å²) in [5.74, 6) is 2.50. The molecule has 0 saturated heterocycles. The van der Waals surface area contributed by atoms with Gasteiger partial charge in [0.15, 0.2) is 11.0 Å². The molecule has 0 aliphatic carbocycles. The summed E-state index contributed by atoms with van der Waals surface area (Å²) in [5.41, 5.74) is 2.02.